The van der Waals surface area contributed by atoms with E-state index in [-0.39, 0.29) is 0 Å². The van der Waals surface area contributed by atoms with Gasteiger partial charge in [-0.2, -0.15) is 0 Å². The predicted octanol–water partition coefficient (Wildman–Crippen LogP) is 2.70. The lowest BCUT2D eigenvalue weighted by atomic mass is 9.96. The molecule has 0 bridgehead atoms. The van der Waals surface area contributed by atoms with Gasteiger partial charge in [0.15, 0.2) is 5.11 Å². The topological polar surface area (TPSA) is 46.0 Å². The molecular weight excluding hydrogens is 294 g/mol. The molecule has 5 nitrogen and oxygen atoms in total. The standard InChI is InChI=1S/C16H21N5S/c1-12-5-3-4-6-14(12)18-16(22)21-9-7-13(8-10-21)15-19-17-11-20(15)2/h3-6,11,13H,7-10H2,1-2H3,(H,18,22). The maximum atomic E-state index is 5.56. The Morgan fingerprint density at radius 3 is 2.64 bits per heavy atom. The zero-order chi connectivity index (χ0) is 15.5. The lowest BCUT2D eigenvalue weighted by Crippen LogP contribution is -2.40. The molecule has 1 fully saturated rings. The van der Waals surface area contributed by atoms with Crippen molar-refractivity contribution in [3.63, 3.8) is 0 Å². The molecule has 2 aromatic rings. The van der Waals surface area contributed by atoms with E-state index in [0.717, 1.165) is 42.6 Å². The number of aromatic nitrogens is 3. The maximum absolute atomic E-state index is 5.56. The van der Waals surface area contributed by atoms with Gasteiger partial charge in [-0.25, -0.2) is 0 Å². The zero-order valence-corrected chi connectivity index (χ0v) is 13.8. The van der Waals surface area contributed by atoms with E-state index in [1.54, 1.807) is 6.33 Å². The molecule has 0 saturated carbocycles. The highest BCUT2D eigenvalue weighted by atomic mass is 32.1. The number of hydrogen-bond donors (Lipinski definition) is 1. The second kappa shape index (κ2) is 6.44. The van der Waals surface area contributed by atoms with Crippen molar-refractivity contribution in [2.45, 2.75) is 25.7 Å². The van der Waals surface area contributed by atoms with E-state index in [1.165, 1.54) is 5.56 Å². The Balaban J connectivity index is 1.58. The van der Waals surface area contributed by atoms with Crippen LogP contribution in [-0.4, -0.2) is 37.9 Å². The van der Waals surface area contributed by atoms with Gasteiger partial charge in [-0.1, -0.05) is 18.2 Å². The lowest BCUT2D eigenvalue weighted by Gasteiger charge is -2.33. The molecule has 0 radical (unpaired) electrons. The van der Waals surface area contributed by atoms with E-state index in [1.807, 2.05) is 23.7 Å². The fourth-order valence-electron chi connectivity index (χ4n) is 2.91. The highest BCUT2D eigenvalue weighted by molar-refractivity contribution is 7.80. The Bertz CT molecular complexity index is 658. The van der Waals surface area contributed by atoms with Crippen LogP contribution < -0.4 is 5.32 Å². The van der Waals surface area contributed by atoms with E-state index in [9.17, 15) is 0 Å². The number of aryl methyl sites for hydroxylation is 2. The summed E-state index contributed by atoms with van der Waals surface area (Å²) >= 11 is 5.56. The molecule has 0 amide bonds. The molecule has 6 heteroatoms. The van der Waals surface area contributed by atoms with Crippen molar-refractivity contribution in [3.05, 3.63) is 42.0 Å². The monoisotopic (exact) mass is 315 g/mol. The van der Waals surface area contributed by atoms with Gasteiger partial charge in [-0.3, -0.25) is 0 Å². The second-order valence-electron chi connectivity index (χ2n) is 5.81. The summed E-state index contributed by atoms with van der Waals surface area (Å²) in [6, 6.07) is 8.22. The summed E-state index contributed by atoms with van der Waals surface area (Å²) in [7, 11) is 2.01. The van der Waals surface area contributed by atoms with Gasteiger partial charge < -0.3 is 14.8 Å². The Hall–Kier alpha value is -1.95. The first-order chi connectivity index (χ1) is 10.6. The first-order valence-electron chi connectivity index (χ1n) is 7.60. The molecular formula is C16H21N5S. The van der Waals surface area contributed by atoms with Crippen LogP contribution >= 0.6 is 12.2 Å². The van der Waals surface area contributed by atoms with Gasteiger partial charge in [0.2, 0.25) is 0 Å². The molecule has 2 heterocycles. The van der Waals surface area contributed by atoms with Crippen LogP contribution in [-0.2, 0) is 7.05 Å². The van der Waals surface area contributed by atoms with Gasteiger partial charge in [0.1, 0.15) is 12.2 Å². The minimum Gasteiger partial charge on any atom is -0.349 e. The van der Waals surface area contributed by atoms with Crippen molar-refractivity contribution in [2.75, 3.05) is 18.4 Å². The molecule has 1 aliphatic rings. The smallest absolute Gasteiger partial charge is 0.173 e. The average Bonchev–Trinajstić information content (AvgIpc) is 2.96. The maximum Gasteiger partial charge on any atom is 0.173 e. The molecule has 1 saturated heterocycles. The Kier molecular flexibility index (Phi) is 4.38. The number of piperidine rings is 1. The normalized spacial score (nSPS) is 15.8. The number of nitrogens with zero attached hydrogens (tertiary/aromatic N) is 4. The third-order valence-corrected chi connectivity index (χ3v) is 4.64. The molecule has 3 rings (SSSR count). The summed E-state index contributed by atoms with van der Waals surface area (Å²) in [4.78, 5) is 2.24. The molecule has 1 aliphatic heterocycles. The predicted molar refractivity (Wildman–Crippen MR) is 92.0 cm³/mol. The summed E-state index contributed by atoms with van der Waals surface area (Å²) in [5.41, 5.74) is 2.29. The van der Waals surface area contributed by atoms with Gasteiger partial charge in [-0.05, 0) is 43.6 Å². The summed E-state index contributed by atoms with van der Waals surface area (Å²) < 4.78 is 2.02. The third-order valence-electron chi connectivity index (χ3n) is 4.28. The number of benzene rings is 1. The van der Waals surface area contributed by atoms with Crippen molar-refractivity contribution in [1.29, 1.82) is 0 Å². The third kappa shape index (κ3) is 3.11. The molecule has 1 N–H and O–H groups in total. The van der Waals surface area contributed by atoms with Crippen LogP contribution in [0.2, 0.25) is 0 Å². The number of para-hydroxylation sites is 1. The summed E-state index contributed by atoms with van der Waals surface area (Å²) in [5.74, 6) is 1.56. The van der Waals surface area contributed by atoms with Gasteiger partial charge in [-0.15, -0.1) is 10.2 Å². The highest BCUT2D eigenvalue weighted by Gasteiger charge is 2.25. The van der Waals surface area contributed by atoms with Gasteiger partial charge in [0.05, 0.1) is 0 Å². The number of hydrogen-bond acceptors (Lipinski definition) is 3. The van der Waals surface area contributed by atoms with Crippen molar-refractivity contribution in [2.24, 2.45) is 7.05 Å². The largest absolute Gasteiger partial charge is 0.349 e. The number of thiocarbonyl (C=S) groups is 1. The lowest BCUT2D eigenvalue weighted by molar-refractivity contribution is 0.307. The number of rotatable bonds is 2. The van der Waals surface area contributed by atoms with Crippen molar-refractivity contribution in [1.82, 2.24) is 19.7 Å². The van der Waals surface area contributed by atoms with Crippen molar-refractivity contribution >= 4 is 23.0 Å². The minimum atomic E-state index is 0.477. The molecule has 116 valence electrons. The first kappa shape index (κ1) is 15.0. The van der Waals surface area contributed by atoms with Crippen LogP contribution in [0.4, 0.5) is 5.69 Å². The average molecular weight is 315 g/mol. The molecule has 1 aromatic heterocycles. The number of likely N-dealkylation sites (tertiary alicyclic amines) is 1. The van der Waals surface area contributed by atoms with E-state index in [4.69, 9.17) is 12.2 Å². The van der Waals surface area contributed by atoms with Crippen LogP contribution in [0.25, 0.3) is 0 Å². The Morgan fingerprint density at radius 2 is 2.00 bits per heavy atom. The minimum absolute atomic E-state index is 0.477. The van der Waals surface area contributed by atoms with E-state index < -0.39 is 0 Å². The summed E-state index contributed by atoms with van der Waals surface area (Å²) in [6.45, 7) is 4.00. The molecule has 22 heavy (non-hydrogen) atoms. The quantitative estimate of drug-likeness (QED) is 0.863. The van der Waals surface area contributed by atoms with E-state index >= 15 is 0 Å². The van der Waals surface area contributed by atoms with Gasteiger partial charge in [0.25, 0.3) is 0 Å². The van der Waals surface area contributed by atoms with Crippen LogP contribution in [0.5, 0.6) is 0 Å². The van der Waals surface area contributed by atoms with Crippen LogP contribution in [0.3, 0.4) is 0 Å². The van der Waals surface area contributed by atoms with E-state index in [2.05, 4.69) is 39.5 Å². The molecule has 1 aromatic carbocycles. The van der Waals surface area contributed by atoms with Gasteiger partial charge in [0, 0.05) is 31.7 Å². The summed E-state index contributed by atoms with van der Waals surface area (Å²) in [6.07, 6.45) is 3.89. The van der Waals surface area contributed by atoms with Crippen LogP contribution in [0.1, 0.15) is 30.1 Å². The Labute approximate surface area is 136 Å². The second-order valence-corrected chi connectivity index (χ2v) is 6.19. The van der Waals surface area contributed by atoms with Crippen LogP contribution in [0, 0.1) is 6.92 Å². The molecule has 0 aliphatic carbocycles. The van der Waals surface area contributed by atoms with Crippen molar-refractivity contribution in [3.8, 4) is 0 Å². The number of anilines is 1. The Morgan fingerprint density at radius 1 is 1.27 bits per heavy atom. The molecule has 0 atom stereocenters. The van der Waals surface area contributed by atoms with Crippen LogP contribution in [0.15, 0.2) is 30.6 Å². The van der Waals surface area contributed by atoms with Crippen molar-refractivity contribution < 1.29 is 0 Å². The first-order valence-corrected chi connectivity index (χ1v) is 8.01. The van der Waals surface area contributed by atoms with Gasteiger partial charge >= 0.3 is 0 Å². The molecule has 0 unspecified atom stereocenters. The SMILES string of the molecule is Cc1ccccc1NC(=S)N1CCC(c2nncn2C)CC1. The molecule has 0 spiro atoms. The summed E-state index contributed by atoms with van der Waals surface area (Å²) in [5, 5.41) is 12.4. The fraction of sp³-hybridized carbons (Fsp3) is 0.438. The van der Waals surface area contributed by atoms with E-state index in [0.29, 0.717) is 5.92 Å². The fourth-order valence-corrected chi connectivity index (χ4v) is 3.20. The number of nitrogens with one attached hydrogen (secondary N) is 1. The highest BCUT2D eigenvalue weighted by Crippen LogP contribution is 2.26. The zero-order valence-electron chi connectivity index (χ0n) is 13.0.